The SMILES string of the molecule is CC.CC.Cc1ccc[n+](O)c1. The molecule has 2 nitrogen and oxygen atoms in total. The molecule has 0 aliphatic heterocycles. The van der Waals surface area contributed by atoms with Gasteiger partial charge in [0.05, 0.1) is 0 Å². The highest BCUT2D eigenvalue weighted by Gasteiger charge is 1.90. The number of rotatable bonds is 0. The highest BCUT2D eigenvalue weighted by Crippen LogP contribution is 1.86. The first-order valence-electron chi connectivity index (χ1n) is 4.46. The van der Waals surface area contributed by atoms with Gasteiger partial charge in [0.2, 0.25) is 12.4 Å². The van der Waals surface area contributed by atoms with Gasteiger partial charge in [0.25, 0.3) is 0 Å². The fraction of sp³-hybridized carbons (Fsp3) is 0.500. The quantitative estimate of drug-likeness (QED) is 0.469. The molecule has 12 heavy (non-hydrogen) atoms. The van der Waals surface area contributed by atoms with Crippen LogP contribution in [0.2, 0.25) is 0 Å². The first-order valence-corrected chi connectivity index (χ1v) is 4.46. The minimum absolute atomic E-state index is 1.04. The van der Waals surface area contributed by atoms with Crippen LogP contribution in [0.25, 0.3) is 0 Å². The summed E-state index contributed by atoms with van der Waals surface area (Å²) >= 11 is 0. The van der Waals surface area contributed by atoms with E-state index in [1.807, 2.05) is 40.7 Å². The summed E-state index contributed by atoms with van der Waals surface area (Å²) in [7, 11) is 0. The molecule has 0 bridgehead atoms. The van der Waals surface area contributed by atoms with Crippen LogP contribution in [0.15, 0.2) is 24.5 Å². The predicted octanol–water partition coefficient (Wildman–Crippen LogP) is 2.57. The molecule has 0 spiro atoms. The van der Waals surface area contributed by atoms with Crippen molar-refractivity contribution in [1.29, 1.82) is 0 Å². The first kappa shape index (κ1) is 13.5. The molecule has 70 valence electrons. The smallest absolute Gasteiger partial charge is 0.225 e. The van der Waals surface area contributed by atoms with Gasteiger partial charge in [-0.1, -0.05) is 27.7 Å². The number of pyridine rings is 1. The van der Waals surface area contributed by atoms with Crippen molar-refractivity contribution >= 4 is 0 Å². The van der Waals surface area contributed by atoms with E-state index < -0.39 is 0 Å². The lowest BCUT2D eigenvalue weighted by Gasteiger charge is -1.82. The lowest BCUT2D eigenvalue weighted by atomic mass is 10.3. The van der Waals surface area contributed by atoms with Crippen LogP contribution in [-0.2, 0) is 0 Å². The van der Waals surface area contributed by atoms with E-state index in [2.05, 4.69) is 0 Å². The van der Waals surface area contributed by atoms with Gasteiger partial charge in [0, 0.05) is 16.4 Å². The molecule has 0 fully saturated rings. The van der Waals surface area contributed by atoms with Gasteiger partial charge < -0.3 is 0 Å². The van der Waals surface area contributed by atoms with E-state index in [0.29, 0.717) is 0 Å². The summed E-state index contributed by atoms with van der Waals surface area (Å²) in [6.45, 7) is 9.92. The van der Waals surface area contributed by atoms with Crippen molar-refractivity contribution in [1.82, 2.24) is 0 Å². The molecule has 1 heterocycles. The summed E-state index contributed by atoms with van der Waals surface area (Å²) in [5.41, 5.74) is 1.05. The molecule has 0 saturated carbocycles. The van der Waals surface area contributed by atoms with Crippen molar-refractivity contribution in [2.45, 2.75) is 34.6 Å². The van der Waals surface area contributed by atoms with Crippen molar-refractivity contribution in [3.8, 4) is 0 Å². The molecule has 0 atom stereocenters. The summed E-state index contributed by atoms with van der Waals surface area (Å²) in [5, 5.41) is 8.73. The Morgan fingerprint density at radius 2 is 1.67 bits per heavy atom. The molecule has 1 N–H and O–H groups in total. The van der Waals surface area contributed by atoms with Gasteiger partial charge >= 0.3 is 0 Å². The van der Waals surface area contributed by atoms with Crippen LogP contribution < -0.4 is 4.73 Å². The summed E-state index contributed by atoms with van der Waals surface area (Å²) in [6.07, 6.45) is 3.22. The zero-order valence-electron chi connectivity index (χ0n) is 8.70. The third kappa shape index (κ3) is 7.06. The molecule has 0 saturated heterocycles. The van der Waals surface area contributed by atoms with Crippen LogP contribution >= 0.6 is 0 Å². The maximum atomic E-state index is 8.73. The van der Waals surface area contributed by atoms with Gasteiger partial charge in [-0.05, 0) is 13.0 Å². The van der Waals surface area contributed by atoms with Crippen molar-refractivity contribution in [3.05, 3.63) is 30.1 Å². The van der Waals surface area contributed by atoms with E-state index in [0.717, 1.165) is 10.3 Å². The Kier molecular flexibility index (Phi) is 11.2. The number of aromatic nitrogens is 1. The second-order valence-corrected chi connectivity index (χ2v) is 1.76. The fourth-order valence-electron chi connectivity index (χ4n) is 0.578. The second kappa shape index (κ2) is 9.95. The van der Waals surface area contributed by atoms with Gasteiger partial charge in [0.15, 0.2) is 0 Å². The Bertz CT molecular complexity index is 170. The van der Waals surface area contributed by atoms with Crippen molar-refractivity contribution in [3.63, 3.8) is 0 Å². The summed E-state index contributed by atoms with van der Waals surface area (Å²) in [4.78, 5) is 0. The van der Waals surface area contributed by atoms with E-state index in [-0.39, 0.29) is 0 Å². The lowest BCUT2D eigenvalue weighted by Crippen LogP contribution is -2.28. The molecule has 0 radical (unpaired) electrons. The van der Waals surface area contributed by atoms with E-state index in [9.17, 15) is 0 Å². The molecular weight excluding hydrogens is 150 g/mol. The Morgan fingerprint density at radius 3 is 1.92 bits per heavy atom. The molecule has 0 aliphatic carbocycles. The average molecular weight is 170 g/mol. The van der Waals surface area contributed by atoms with Crippen LogP contribution in [-0.4, -0.2) is 5.21 Å². The number of nitrogens with zero attached hydrogens (tertiary/aromatic N) is 1. The third-order valence-electron chi connectivity index (χ3n) is 0.934. The van der Waals surface area contributed by atoms with E-state index in [1.54, 1.807) is 18.5 Å². The Balaban J connectivity index is 0. The van der Waals surface area contributed by atoms with Crippen LogP contribution in [0, 0.1) is 6.92 Å². The first-order chi connectivity index (χ1) is 5.79. The maximum absolute atomic E-state index is 8.73. The lowest BCUT2D eigenvalue weighted by molar-refractivity contribution is -0.905. The number of hydrogen-bond donors (Lipinski definition) is 1. The fourth-order valence-corrected chi connectivity index (χ4v) is 0.578. The van der Waals surface area contributed by atoms with Crippen LogP contribution in [0.5, 0.6) is 0 Å². The minimum Gasteiger partial charge on any atom is -0.285 e. The third-order valence-corrected chi connectivity index (χ3v) is 0.934. The molecule has 2 heteroatoms. The highest BCUT2D eigenvalue weighted by molar-refractivity contribution is 5.00. The van der Waals surface area contributed by atoms with Gasteiger partial charge in [0.1, 0.15) is 0 Å². The monoisotopic (exact) mass is 170 g/mol. The maximum Gasteiger partial charge on any atom is 0.225 e. The van der Waals surface area contributed by atoms with Crippen molar-refractivity contribution in [2.75, 3.05) is 0 Å². The Hall–Kier alpha value is -1.05. The van der Waals surface area contributed by atoms with E-state index in [4.69, 9.17) is 5.21 Å². The largest absolute Gasteiger partial charge is 0.285 e. The normalized spacial score (nSPS) is 7.08. The molecule has 1 aromatic rings. The molecule has 1 rings (SSSR count). The van der Waals surface area contributed by atoms with Crippen LogP contribution in [0.3, 0.4) is 0 Å². The number of hydrogen-bond acceptors (Lipinski definition) is 1. The molecule has 1 aromatic heterocycles. The van der Waals surface area contributed by atoms with Crippen molar-refractivity contribution < 1.29 is 9.94 Å². The summed E-state index contributed by atoms with van der Waals surface area (Å²) < 4.78 is 1.04. The Morgan fingerprint density at radius 1 is 1.17 bits per heavy atom. The molecule has 0 unspecified atom stereocenters. The molecular formula is C10H20NO+. The number of aryl methyl sites for hydroxylation is 1. The molecule has 0 amide bonds. The summed E-state index contributed by atoms with van der Waals surface area (Å²) in [5.74, 6) is 0. The second-order valence-electron chi connectivity index (χ2n) is 1.76. The molecule has 0 aromatic carbocycles. The van der Waals surface area contributed by atoms with E-state index in [1.165, 1.54) is 0 Å². The van der Waals surface area contributed by atoms with Crippen LogP contribution in [0.4, 0.5) is 0 Å². The zero-order valence-corrected chi connectivity index (χ0v) is 8.70. The topological polar surface area (TPSA) is 24.1 Å². The standard InChI is InChI=1S/C6H8NO.2C2H6/c1-6-3-2-4-7(8)5-6;2*1-2/h2-5,8H,1H3;2*1-2H3/q+1;;. The van der Waals surface area contributed by atoms with Gasteiger partial charge in [-0.25, -0.2) is 0 Å². The minimum atomic E-state index is 1.04. The van der Waals surface area contributed by atoms with Gasteiger partial charge in [-0.2, -0.15) is 0 Å². The zero-order chi connectivity index (χ0) is 9.98. The van der Waals surface area contributed by atoms with Gasteiger partial charge in [-0.3, -0.25) is 5.21 Å². The van der Waals surface area contributed by atoms with Crippen LogP contribution in [0.1, 0.15) is 33.3 Å². The average Bonchev–Trinajstić information content (AvgIpc) is 2.11. The van der Waals surface area contributed by atoms with E-state index >= 15 is 0 Å². The Labute approximate surface area is 75.4 Å². The predicted molar refractivity (Wildman–Crippen MR) is 51.3 cm³/mol. The van der Waals surface area contributed by atoms with Gasteiger partial charge in [-0.15, -0.1) is 0 Å². The molecule has 0 aliphatic rings. The van der Waals surface area contributed by atoms with Crippen molar-refractivity contribution in [2.24, 2.45) is 0 Å². The highest BCUT2D eigenvalue weighted by atomic mass is 16.5. The summed E-state index contributed by atoms with van der Waals surface area (Å²) in [6, 6.07) is 3.71.